The summed E-state index contributed by atoms with van der Waals surface area (Å²) in [7, 11) is 0. The summed E-state index contributed by atoms with van der Waals surface area (Å²) in [6.45, 7) is 7.79. The van der Waals surface area contributed by atoms with Gasteiger partial charge in [0.1, 0.15) is 5.41 Å². The summed E-state index contributed by atoms with van der Waals surface area (Å²) in [4.78, 5) is 11.7. The van der Waals surface area contributed by atoms with E-state index in [1.165, 1.54) is 0 Å². The molecular formula is C11H18N2O. The predicted octanol–water partition coefficient (Wildman–Crippen LogP) is 1.84. The van der Waals surface area contributed by atoms with Gasteiger partial charge in [-0.25, -0.2) is 0 Å². The third-order valence-corrected chi connectivity index (χ3v) is 3.27. The van der Waals surface area contributed by atoms with Crippen LogP contribution in [0.1, 0.15) is 40.5 Å². The van der Waals surface area contributed by atoms with Crippen LogP contribution >= 0.6 is 0 Å². The van der Waals surface area contributed by atoms with Gasteiger partial charge in [0.05, 0.1) is 6.07 Å². The third kappa shape index (κ3) is 1.89. The molecule has 0 heterocycles. The average molecular weight is 194 g/mol. The number of nitrogens with one attached hydrogen (secondary N) is 1. The molecule has 78 valence electrons. The summed E-state index contributed by atoms with van der Waals surface area (Å²) in [6, 6.07) is 2.33. The fourth-order valence-corrected chi connectivity index (χ4v) is 1.32. The van der Waals surface area contributed by atoms with Crippen LogP contribution in [-0.2, 0) is 4.79 Å². The Morgan fingerprint density at radius 3 is 2.50 bits per heavy atom. The van der Waals surface area contributed by atoms with Crippen molar-refractivity contribution in [2.24, 2.45) is 10.8 Å². The Kier molecular flexibility index (Phi) is 2.58. The molecule has 1 amide bonds. The third-order valence-electron chi connectivity index (χ3n) is 3.27. The highest BCUT2D eigenvalue weighted by molar-refractivity contribution is 5.85. The highest BCUT2D eigenvalue weighted by Crippen LogP contribution is 2.45. The van der Waals surface area contributed by atoms with Crippen molar-refractivity contribution in [2.75, 3.05) is 0 Å². The fraction of sp³-hybridized carbons (Fsp3) is 0.818. The highest BCUT2D eigenvalue weighted by atomic mass is 16.2. The maximum atomic E-state index is 11.7. The SMILES string of the molecule is CCC(C)(C#N)C(=O)NC1CC1(C)C. The van der Waals surface area contributed by atoms with Gasteiger partial charge in [0.25, 0.3) is 0 Å². The summed E-state index contributed by atoms with van der Waals surface area (Å²) < 4.78 is 0. The number of nitrogens with zero attached hydrogens (tertiary/aromatic N) is 1. The molecule has 0 aromatic rings. The van der Waals surface area contributed by atoms with Gasteiger partial charge in [-0.2, -0.15) is 5.26 Å². The zero-order valence-electron chi connectivity index (χ0n) is 9.35. The van der Waals surface area contributed by atoms with Crippen molar-refractivity contribution in [3.63, 3.8) is 0 Å². The van der Waals surface area contributed by atoms with Crippen molar-refractivity contribution in [2.45, 2.75) is 46.6 Å². The summed E-state index contributed by atoms with van der Waals surface area (Å²) in [5, 5.41) is 11.8. The van der Waals surface area contributed by atoms with E-state index in [1.807, 2.05) is 6.92 Å². The van der Waals surface area contributed by atoms with E-state index in [-0.39, 0.29) is 17.4 Å². The number of carbonyl (C=O) groups excluding carboxylic acids is 1. The molecule has 1 fully saturated rings. The largest absolute Gasteiger partial charge is 0.351 e. The van der Waals surface area contributed by atoms with E-state index >= 15 is 0 Å². The van der Waals surface area contributed by atoms with Gasteiger partial charge in [0.15, 0.2) is 0 Å². The lowest BCUT2D eigenvalue weighted by Crippen LogP contribution is -2.40. The van der Waals surface area contributed by atoms with Crippen LogP contribution in [0.2, 0.25) is 0 Å². The minimum Gasteiger partial charge on any atom is -0.351 e. The molecular weight excluding hydrogens is 176 g/mol. The Labute approximate surface area is 85.5 Å². The van der Waals surface area contributed by atoms with Crippen molar-refractivity contribution < 1.29 is 4.79 Å². The molecule has 1 aliphatic rings. The van der Waals surface area contributed by atoms with Crippen LogP contribution in [0.5, 0.6) is 0 Å². The molecule has 1 aliphatic carbocycles. The first-order valence-corrected chi connectivity index (χ1v) is 5.08. The van der Waals surface area contributed by atoms with Crippen LogP contribution in [0.4, 0.5) is 0 Å². The van der Waals surface area contributed by atoms with Crippen molar-refractivity contribution >= 4 is 5.91 Å². The molecule has 0 bridgehead atoms. The van der Waals surface area contributed by atoms with E-state index in [1.54, 1.807) is 6.92 Å². The highest BCUT2D eigenvalue weighted by Gasteiger charge is 2.48. The van der Waals surface area contributed by atoms with Gasteiger partial charge in [-0.3, -0.25) is 4.79 Å². The topological polar surface area (TPSA) is 52.9 Å². The molecule has 1 N–H and O–H groups in total. The second kappa shape index (κ2) is 3.27. The zero-order valence-corrected chi connectivity index (χ0v) is 9.35. The maximum Gasteiger partial charge on any atom is 0.240 e. The maximum absolute atomic E-state index is 11.7. The van der Waals surface area contributed by atoms with Gasteiger partial charge in [-0.1, -0.05) is 20.8 Å². The van der Waals surface area contributed by atoms with Gasteiger partial charge < -0.3 is 5.32 Å². The van der Waals surface area contributed by atoms with Crippen LogP contribution in [0.15, 0.2) is 0 Å². The Bertz CT molecular complexity index is 290. The molecule has 0 saturated heterocycles. The summed E-state index contributed by atoms with van der Waals surface area (Å²) >= 11 is 0. The van der Waals surface area contributed by atoms with Crippen molar-refractivity contribution in [3.8, 4) is 6.07 Å². The Morgan fingerprint density at radius 2 is 2.21 bits per heavy atom. The number of amides is 1. The quantitative estimate of drug-likeness (QED) is 0.745. The minimum atomic E-state index is -0.862. The first-order chi connectivity index (χ1) is 6.35. The lowest BCUT2D eigenvalue weighted by molar-refractivity contribution is -0.127. The van der Waals surface area contributed by atoms with Gasteiger partial charge >= 0.3 is 0 Å². The normalized spacial score (nSPS) is 27.2. The van der Waals surface area contributed by atoms with E-state index in [4.69, 9.17) is 5.26 Å². The first-order valence-electron chi connectivity index (χ1n) is 5.08. The average Bonchev–Trinajstić information content (AvgIpc) is 2.72. The van der Waals surface area contributed by atoms with Crippen LogP contribution < -0.4 is 5.32 Å². The number of nitriles is 1. The van der Waals surface area contributed by atoms with Crippen molar-refractivity contribution in [1.82, 2.24) is 5.32 Å². The smallest absolute Gasteiger partial charge is 0.240 e. The van der Waals surface area contributed by atoms with Gasteiger partial charge in [-0.15, -0.1) is 0 Å². The fourth-order valence-electron chi connectivity index (χ4n) is 1.32. The number of hydrogen-bond donors (Lipinski definition) is 1. The van der Waals surface area contributed by atoms with E-state index in [2.05, 4.69) is 25.2 Å². The lowest BCUT2D eigenvalue weighted by Gasteiger charge is -2.19. The van der Waals surface area contributed by atoms with E-state index in [0.29, 0.717) is 6.42 Å². The van der Waals surface area contributed by atoms with Crippen LogP contribution in [0.3, 0.4) is 0 Å². The van der Waals surface area contributed by atoms with E-state index in [9.17, 15) is 4.79 Å². The molecule has 0 aromatic carbocycles. The van der Waals surface area contributed by atoms with E-state index < -0.39 is 5.41 Å². The summed E-state index contributed by atoms with van der Waals surface area (Å²) in [5.74, 6) is -0.127. The Morgan fingerprint density at radius 1 is 1.71 bits per heavy atom. The number of carbonyl (C=O) groups is 1. The number of hydrogen-bond acceptors (Lipinski definition) is 2. The molecule has 1 saturated carbocycles. The predicted molar refractivity (Wildman–Crippen MR) is 54.3 cm³/mol. The summed E-state index contributed by atoms with van der Waals surface area (Å²) in [5.41, 5.74) is -0.640. The standard InChI is InChI=1S/C11H18N2O/c1-5-11(4,7-12)9(14)13-8-6-10(8,2)3/h8H,5-6H2,1-4H3,(H,13,14). The zero-order chi connectivity index (χ0) is 11.0. The second-order valence-electron chi connectivity index (χ2n) is 5.02. The number of rotatable bonds is 3. The van der Waals surface area contributed by atoms with Crippen LogP contribution in [0.25, 0.3) is 0 Å². The minimum absolute atomic E-state index is 0.127. The van der Waals surface area contributed by atoms with Crippen molar-refractivity contribution in [3.05, 3.63) is 0 Å². The van der Waals surface area contributed by atoms with Gasteiger partial charge in [-0.05, 0) is 25.2 Å². The molecule has 0 aromatic heterocycles. The van der Waals surface area contributed by atoms with E-state index in [0.717, 1.165) is 6.42 Å². The van der Waals surface area contributed by atoms with Crippen LogP contribution in [-0.4, -0.2) is 11.9 Å². The van der Waals surface area contributed by atoms with Gasteiger partial charge in [0, 0.05) is 6.04 Å². The Hall–Kier alpha value is -1.04. The molecule has 14 heavy (non-hydrogen) atoms. The molecule has 3 nitrogen and oxygen atoms in total. The second-order valence-corrected chi connectivity index (χ2v) is 5.02. The monoisotopic (exact) mass is 194 g/mol. The van der Waals surface area contributed by atoms with Gasteiger partial charge in [0.2, 0.25) is 5.91 Å². The van der Waals surface area contributed by atoms with Crippen LogP contribution in [0, 0.1) is 22.2 Å². The molecule has 1 rings (SSSR count). The molecule has 2 unspecified atom stereocenters. The molecule has 2 atom stereocenters. The first kappa shape index (κ1) is 11.0. The van der Waals surface area contributed by atoms with Crippen molar-refractivity contribution in [1.29, 1.82) is 5.26 Å². The lowest BCUT2D eigenvalue weighted by atomic mass is 9.88. The molecule has 0 spiro atoms. The molecule has 0 aliphatic heterocycles. The molecule has 3 heteroatoms. The Balaban J connectivity index is 2.56. The molecule has 0 radical (unpaired) electrons. The summed E-state index contributed by atoms with van der Waals surface area (Å²) in [6.07, 6.45) is 1.58.